The van der Waals surface area contributed by atoms with Gasteiger partial charge in [-0.2, -0.15) is 0 Å². The molecule has 0 atom stereocenters. The maximum atomic E-state index is 5.56. The Bertz CT molecular complexity index is 439. The fraction of sp³-hybridized carbons (Fsp3) is 0.100. The number of benzene rings is 1. The molecular weight excluding hydrogens is 260 g/mol. The average molecular weight is 269 g/mol. The van der Waals surface area contributed by atoms with Crippen LogP contribution in [0.4, 0.5) is 5.82 Å². The molecular formula is C10H9BrN2S. The third-order valence-corrected chi connectivity index (χ3v) is 3.51. The Balaban J connectivity index is 2.23. The van der Waals surface area contributed by atoms with Crippen LogP contribution in [0.5, 0.6) is 0 Å². The molecule has 0 aliphatic carbocycles. The second-order valence-corrected chi connectivity index (χ2v) is 4.73. The molecule has 0 saturated heterocycles. The van der Waals surface area contributed by atoms with Crippen LogP contribution < -0.4 is 5.73 Å². The van der Waals surface area contributed by atoms with Crippen molar-refractivity contribution in [1.82, 2.24) is 4.98 Å². The number of anilines is 1. The van der Waals surface area contributed by atoms with Crippen LogP contribution >= 0.6 is 27.3 Å². The van der Waals surface area contributed by atoms with Gasteiger partial charge in [0.2, 0.25) is 0 Å². The number of hydrogen-bond acceptors (Lipinski definition) is 3. The smallest absolute Gasteiger partial charge is 0.134 e. The van der Waals surface area contributed by atoms with E-state index in [1.54, 1.807) is 11.3 Å². The van der Waals surface area contributed by atoms with Crippen molar-refractivity contribution in [2.45, 2.75) is 6.42 Å². The fourth-order valence-electron chi connectivity index (χ4n) is 1.21. The van der Waals surface area contributed by atoms with E-state index in [2.05, 4.69) is 27.0 Å². The molecule has 0 unspecified atom stereocenters. The van der Waals surface area contributed by atoms with E-state index in [0.717, 1.165) is 15.9 Å². The molecule has 0 spiro atoms. The topological polar surface area (TPSA) is 38.9 Å². The lowest BCUT2D eigenvalue weighted by Gasteiger charge is -2.00. The quantitative estimate of drug-likeness (QED) is 0.909. The minimum absolute atomic E-state index is 0.608. The molecule has 1 aromatic carbocycles. The van der Waals surface area contributed by atoms with Crippen molar-refractivity contribution < 1.29 is 0 Å². The minimum atomic E-state index is 0.608. The van der Waals surface area contributed by atoms with Crippen LogP contribution in [0.2, 0.25) is 0 Å². The third-order valence-electron chi connectivity index (χ3n) is 1.87. The van der Waals surface area contributed by atoms with Crippen molar-refractivity contribution in [1.29, 1.82) is 0 Å². The van der Waals surface area contributed by atoms with Gasteiger partial charge in [0.25, 0.3) is 0 Å². The van der Waals surface area contributed by atoms with Crippen LogP contribution in [-0.4, -0.2) is 4.98 Å². The van der Waals surface area contributed by atoms with Gasteiger partial charge in [-0.3, -0.25) is 0 Å². The van der Waals surface area contributed by atoms with Gasteiger partial charge in [-0.25, -0.2) is 4.98 Å². The summed E-state index contributed by atoms with van der Waals surface area (Å²) >= 11 is 5.10. The SMILES string of the molecule is Nc1csc(Cc2ccccc2Br)n1. The molecule has 0 fully saturated rings. The summed E-state index contributed by atoms with van der Waals surface area (Å²) < 4.78 is 1.12. The Kier molecular flexibility index (Phi) is 2.84. The third kappa shape index (κ3) is 2.13. The van der Waals surface area contributed by atoms with E-state index in [-0.39, 0.29) is 0 Å². The second kappa shape index (κ2) is 4.11. The fourth-order valence-corrected chi connectivity index (χ4v) is 2.34. The van der Waals surface area contributed by atoms with Gasteiger partial charge >= 0.3 is 0 Å². The minimum Gasteiger partial charge on any atom is -0.383 e. The lowest BCUT2D eigenvalue weighted by molar-refractivity contribution is 1.13. The zero-order valence-corrected chi connectivity index (χ0v) is 9.81. The Morgan fingerprint density at radius 3 is 2.79 bits per heavy atom. The highest BCUT2D eigenvalue weighted by Crippen LogP contribution is 2.21. The molecule has 0 aliphatic heterocycles. The molecule has 2 N–H and O–H groups in total. The Hall–Kier alpha value is -0.870. The van der Waals surface area contributed by atoms with Gasteiger partial charge in [0.05, 0.1) is 5.01 Å². The molecule has 1 heterocycles. The molecule has 2 aromatic rings. The van der Waals surface area contributed by atoms with Crippen LogP contribution in [0.3, 0.4) is 0 Å². The van der Waals surface area contributed by atoms with E-state index in [1.165, 1.54) is 5.56 Å². The predicted octanol–water partition coefficient (Wildman–Crippen LogP) is 3.08. The van der Waals surface area contributed by atoms with Crippen LogP contribution in [-0.2, 0) is 6.42 Å². The van der Waals surface area contributed by atoms with Crippen LogP contribution in [0, 0.1) is 0 Å². The average Bonchev–Trinajstić information content (AvgIpc) is 2.56. The van der Waals surface area contributed by atoms with E-state index in [1.807, 2.05) is 23.6 Å². The first kappa shape index (κ1) is 9.68. The molecule has 0 radical (unpaired) electrons. The van der Waals surface area contributed by atoms with Gasteiger partial charge in [-0.15, -0.1) is 11.3 Å². The number of hydrogen-bond donors (Lipinski definition) is 1. The molecule has 0 amide bonds. The van der Waals surface area contributed by atoms with E-state index >= 15 is 0 Å². The molecule has 2 nitrogen and oxygen atoms in total. The first-order chi connectivity index (χ1) is 6.75. The molecule has 2 rings (SSSR count). The Morgan fingerprint density at radius 1 is 1.36 bits per heavy atom. The monoisotopic (exact) mass is 268 g/mol. The molecule has 14 heavy (non-hydrogen) atoms. The van der Waals surface area contributed by atoms with E-state index < -0.39 is 0 Å². The van der Waals surface area contributed by atoms with Crippen molar-refractivity contribution in [3.63, 3.8) is 0 Å². The van der Waals surface area contributed by atoms with E-state index in [0.29, 0.717) is 5.82 Å². The Labute approximate surface area is 94.9 Å². The van der Waals surface area contributed by atoms with Gasteiger partial charge in [0.15, 0.2) is 0 Å². The zero-order chi connectivity index (χ0) is 9.97. The van der Waals surface area contributed by atoms with Gasteiger partial charge in [0.1, 0.15) is 5.82 Å². The highest BCUT2D eigenvalue weighted by Gasteiger charge is 2.03. The molecule has 0 bridgehead atoms. The highest BCUT2D eigenvalue weighted by atomic mass is 79.9. The van der Waals surface area contributed by atoms with Crippen LogP contribution in [0.15, 0.2) is 34.1 Å². The molecule has 4 heteroatoms. The first-order valence-electron chi connectivity index (χ1n) is 4.19. The summed E-state index contributed by atoms with van der Waals surface area (Å²) in [5, 5.41) is 2.92. The number of nitrogens with zero attached hydrogens (tertiary/aromatic N) is 1. The maximum absolute atomic E-state index is 5.56. The summed E-state index contributed by atoms with van der Waals surface area (Å²) in [6.45, 7) is 0. The van der Waals surface area contributed by atoms with Crippen molar-refractivity contribution in [3.05, 3.63) is 44.7 Å². The van der Waals surface area contributed by atoms with Crippen molar-refractivity contribution in [2.75, 3.05) is 5.73 Å². The van der Waals surface area contributed by atoms with Crippen molar-refractivity contribution in [3.8, 4) is 0 Å². The number of aromatic nitrogens is 1. The first-order valence-corrected chi connectivity index (χ1v) is 5.86. The van der Waals surface area contributed by atoms with Gasteiger partial charge in [0, 0.05) is 16.3 Å². The molecule has 0 saturated carbocycles. The van der Waals surface area contributed by atoms with E-state index in [9.17, 15) is 0 Å². The summed E-state index contributed by atoms with van der Waals surface area (Å²) in [4.78, 5) is 4.22. The lowest BCUT2D eigenvalue weighted by atomic mass is 10.2. The largest absolute Gasteiger partial charge is 0.383 e. The highest BCUT2D eigenvalue weighted by molar-refractivity contribution is 9.10. The lowest BCUT2D eigenvalue weighted by Crippen LogP contribution is -1.90. The predicted molar refractivity (Wildman–Crippen MR) is 63.5 cm³/mol. The van der Waals surface area contributed by atoms with Crippen LogP contribution in [0.25, 0.3) is 0 Å². The number of rotatable bonds is 2. The summed E-state index contributed by atoms with van der Waals surface area (Å²) in [5.74, 6) is 0.608. The summed E-state index contributed by atoms with van der Waals surface area (Å²) in [5.41, 5.74) is 6.80. The van der Waals surface area contributed by atoms with Gasteiger partial charge < -0.3 is 5.73 Å². The molecule has 72 valence electrons. The second-order valence-electron chi connectivity index (χ2n) is 2.93. The van der Waals surface area contributed by atoms with Crippen LogP contribution in [0.1, 0.15) is 10.6 Å². The summed E-state index contributed by atoms with van der Waals surface area (Å²) in [7, 11) is 0. The maximum Gasteiger partial charge on any atom is 0.134 e. The number of thiazole rings is 1. The number of nitrogens with two attached hydrogens (primary N) is 1. The normalized spacial score (nSPS) is 10.4. The number of nitrogen functional groups attached to an aromatic ring is 1. The van der Waals surface area contributed by atoms with Gasteiger partial charge in [-0.05, 0) is 11.6 Å². The number of halogens is 1. The molecule has 1 aromatic heterocycles. The summed E-state index contributed by atoms with van der Waals surface area (Å²) in [6, 6.07) is 8.15. The summed E-state index contributed by atoms with van der Waals surface area (Å²) in [6.07, 6.45) is 0.837. The Morgan fingerprint density at radius 2 is 2.14 bits per heavy atom. The van der Waals surface area contributed by atoms with E-state index in [4.69, 9.17) is 5.73 Å². The van der Waals surface area contributed by atoms with Crippen molar-refractivity contribution >= 4 is 33.1 Å². The van der Waals surface area contributed by atoms with Gasteiger partial charge in [-0.1, -0.05) is 34.1 Å². The zero-order valence-electron chi connectivity index (χ0n) is 7.40. The van der Waals surface area contributed by atoms with Crippen molar-refractivity contribution in [2.24, 2.45) is 0 Å². The molecule has 0 aliphatic rings. The standard InChI is InChI=1S/C10H9BrN2S/c11-8-4-2-1-3-7(8)5-10-13-9(12)6-14-10/h1-4,6H,5,12H2.